The summed E-state index contributed by atoms with van der Waals surface area (Å²) in [6.45, 7) is 5.36. The molecular weight excluding hydrogens is 520 g/mol. The van der Waals surface area contributed by atoms with Gasteiger partial charge in [0.25, 0.3) is 0 Å². The maximum Gasteiger partial charge on any atom is 0.409 e. The second-order valence-corrected chi connectivity index (χ2v) is 10.8. The van der Waals surface area contributed by atoms with Crippen LogP contribution in [0.1, 0.15) is 48.9 Å². The lowest BCUT2D eigenvalue weighted by Crippen LogP contribution is -2.50. The van der Waals surface area contributed by atoms with Crippen LogP contribution in [-0.4, -0.2) is 53.7 Å². The van der Waals surface area contributed by atoms with Gasteiger partial charge >= 0.3 is 6.09 Å². The molecule has 3 aromatic rings. The Balaban J connectivity index is 1.39. The van der Waals surface area contributed by atoms with Crippen molar-refractivity contribution in [2.24, 2.45) is 11.7 Å². The second-order valence-electron chi connectivity index (χ2n) is 10.8. The van der Waals surface area contributed by atoms with E-state index in [1.54, 1.807) is 32.2 Å². The SMILES string of the molecule is CC(NC(=O)C(N)C(C)C)C(=O)Nc1ccc(CO)c(CN(C)C(=O)OCC2c3ccccc3-c3ccccc32)c1. The number of hydrogen-bond donors (Lipinski definition) is 4. The summed E-state index contributed by atoms with van der Waals surface area (Å²) >= 11 is 0. The fourth-order valence-electron chi connectivity index (χ4n) is 4.96. The van der Waals surface area contributed by atoms with Crippen LogP contribution in [0.3, 0.4) is 0 Å². The van der Waals surface area contributed by atoms with Crippen molar-refractivity contribution >= 4 is 23.6 Å². The van der Waals surface area contributed by atoms with Crippen molar-refractivity contribution in [3.8, 4) is 11.1 Å². The Kier molecular flexibility index (Phi) is 9.42. The molecule has 0 fully saturated rings. The highest BCUT2D eigenvalue weighted by molar-refractivity contribution is 5.97. The lowest BCUT2D eigenvalue weighted by Gasteiger charge is -2.22. The molecule has 0 saturated heterocycles. The highest BCUT2D eigenvalue weighted by Crippen LogP contribution is 2.44. The summed E-state index contributed by atoms with van der Waals surface area (Å²) in [5, 5.41) is 15.3. The van der Waals surface area contributed by atoms with Gasteiger partial charge in [-0.3, -0.25) is 9.59 Å². The minimum absolute atomic E-state index is 0.0520. The molecule has 2 atom stereocenters. The number of nitrogens with two attached hydrogens (primary N) is 1. The zero-order chi connectivity index (χ0) is 29.7. The van der Waals surface area contributed by atoms with Crippen LogP contribution in [0.15, 0.2) is 66.7 Å². The lowest BCUT2D eigenvalue weighted by atomic mass is 9.98. The van der Waals surface area contributed by atoms with E-state index in [1.165, 1.54) is 4.90 Å². The number of carbonyl (C=O) groups is 3. The number of benzene rings is 3. The molecule has 3 aromatic carbocycles. The third-order valence-electron chi connectivity index (χ3n) is 7.47. The lowest BCUT2D eigenvalue weighted by molar-refractivity contribution is -0.127. The Morgan fingerprint density at radius 1 is 0.927 bits per heavy atom. The maximum absolute atomic E-state index is 13.0. The Morgan fingerprint density at radius 3 is 2.12 bits per heavy atom. The second kappa shape index (κ2) is 13.0. The van der Waals surface area contributed by atoms with Crippen LogP contribution in [-0.2, 0) is 27.5 Å². The van der Waals surface area contributed by atoms with E-state index in [2.05, 4.69) is 34.9 Å². The van der Waals surface area contributed by atoms with Crippen LogP contribution in [0.4, 0.5) is 10.5 Å². The van der Waals surface area contributed by atoms with Crippen LogP contribution in [0.2, 0.25) is 0 Å². The molecule has 4 rings (SSSR count). The van der Waals surface area contributed by atoms with Gasteiger partial charge in [-0.15, -0.1) is 0 Å². The molecule has 0 spiro atoms. The first-order chi connectivity index (χ1) is 19.6. The summed E-state index contributed by atoms with van der Waals surface area (Å²) in [4.78, 5) is 39.4. The minimum Gasteiger partial charge on any atom is -0.448 e. The number of aliphatic hydroxyl groups is 1. The van der Waals surface area contributed by atoms with Crippen LogP contribution in [0.5, 0.6) is 0 Å². The first-order valence-electron chi connectivity index (χ1n) is 13.8. The van der Waals surface area contributed by atoms with Crippen molar-refractivity contribution in [2.75, 3.05) is 19.0 Å². The van der Waals surface area contributed by atoms with Gasteiger partial charge in [-0.2, -0.15) is 0 Å². The first-order valence-corrected chi connectivity index (χ1v) is 13.8. The highest BCUT2D eigenvalue weighted by Gasteiger charge is 2.29. The molecule has 3 amide bonds. The monoisotopic (exact) mass is 558 g/mol. The average molecular weight is 559 g/mol. The number of rotatable bonds is 10. The van der Waals surface area contributed by atoms with Gasteiger partial charge in [-0.25, -0.2) is 4.79 Å². The molecule has 0 heterocycles. The minimum atomic E-state index is -0.809. The quantitative estimate of drug-likeness (QED) is 0.297. The molecule has 9 heteroatoms. The number of nitrogens with zero attached hydrogens (tertiary/aromatic N) is 1. The number of hydrogen-bond acceptors (Lipinski definition) is 6. The van der Waals surface area contributed by atoms with Crippen LogP contribution >= 0.6 is 0 Å². The highest BCUT2D eigenvalue weighted by atomic mass is 16.6. The fourth-order valence-corrected chi connectivity index (χ4v) is 4.96. The Labute approximate surface area is 240 Å². The van der Waals surface area contributed by atoms with Gasteiger partial charge in [0.15, 0.2) is 0 Å². The Morgan fingerprint density at radius 2 is 1.54 bits per heavy atom. The third-order valence-corrected chi connectivity index (χ3v) is 7.47. The summed E-state index contributed by atoms with van der Waals surface area (Å²) in [5.74, 6) is -0.929. The molecule has 0 bridgehead atoms. The van der Waals surface area contributed by atoms with E-state index in [1.807, 2.05) is 38.1 Å². The molecule has 0 saturated carbocycles. The molecule has 5 N–H and O–H groups in total. The molecule has 216 valence electrons. The number of anilines is 1. The first kappa shape index (κ1) is 29.8. The molecule has 1 aliphatic rings. The molecule has 0 aromatic heterocycles. The van der Waals surface area contributed by atoms with Crippen molar-refractivity contribution in [3.05, 3.63) is 89.0 Å². The van der Waals surface area contributed by atoms with E-state index in [4.69, 9.17) is 10.5 Å². The van der Waals surface area contributed by atoms with E-state index < -0.39 is 30.0 Å². The smallest absolute Gasteiger partial charge is 0.409 e. The van der Waals surface area contributed by atoms with E-state index in [9.17, 15) is 19.5 Å². The van der Waals surface area contributed by atoms with Gasteiger partial charge < -0.3 is 31.1 Å². The van der Waals surface area contributed by atoms with Gasteiger partial charge in [0.2, 0.25) is 11.8 Å². The number of aliphatic hydroxyl groups excluding tert-OH is 1. The molecular formula is C32H38N4O5. The van der Waals surface area contributed by atoms with Crippen molar-refractivity contribution < 1.29 is 24.2 Å². The maximum atomic E-state index is 13.0. The predicted molar refractivity (Wildman–Crippen MR) is 158 cm³/mol. The summed E-state index contributed by atoms with van der Waals surface area (Å²) in [5.41, 5.74) is 12.2. The van der Waals surface area contributed by atoms with Gasteiger partial charge in [0.05, 0.1) is 12.6 Å². The number of nitrogens with one attached hydrogen (secondary N) is 2. The van der Waals surface area contributed by atoms with Crippen LogP contribution < -0.4 is 16.4 Å². The third kappa shape index (κ3) is 6.75. The summed E-state index contributed by atoms with van der Waals surface area (Å²) < 4.78 is 5.75. The van der Waals surface area contributed by atoms with Gasteiger partial charge in [0.1, 0.15) is 12.6 Å². The van der Waals surface area contributed by atoms with Crippen LogP contribution in [0.25, 0.3) is 11.1 Å². The zero-order valence-electron chi connectivity index (χ0n) is 23.9. The molecule has 0 radical (unpaired) electrons. The normalized spacial score (nSPS) is 13.6. The molecule has 0 aliphatic heterocycles. The van der Waals surface area contributed by atoms with E-state index >= 15 is 0 Å². The fraction of sp³-hybridized carbons (Fsp3) is 0.344. The molecule has 2 unspecified atom stereocenters. The summed E-state index contributed by atoms with van der Waals surface area (Å²) in [7, 11) is 1.63. The van der Waals surface area contributed by atoms with Crippen molar-refractivity contribution in [2.45, 2.75) is 51.9 Å². The average Bonchev–Trinajstić information content (AvgIpc) is 3.29. The largest absolute Gasteiger partial charge is 0.448 e. The van der Waals surface area contributed by atoms with Gasteiger partial charge in [-0.1, -0.05) is 68.4 Å². The number of fused-ring (bicyclic) bond motifs is 3. The number of carbonyl (C=O) groups excluding carboxylic acids is 3. The van der Waals surface area contributed by atoms with E-state index in [0.29, 0.717) is 16.8 Å². The zero-order valence-corrected chi connectivity index (χ0v) is 23.9. The van der Waals surface area contributed by atoms with E-state index in [0.717, 1.165) is 22.3 Å². The number of amides is 3. The van der Waals surface area contributed by atoms with Crippen molar-refractivity contribution in [1.29, 1.82) is 0 Å². The standard InChI is InChI=1S/C32H38N4O5/c1-19(2)29(33)31(39)34-20(3)30(38)35-23-14-13-21(17-37)22(15-23)16-36(4)32(40)41-18-28-26-11-7-5-9-24(26)25-10-6-8-12-27(25)28/h5-15,19-20,28-29,37H,16-18,33H2,1-4H3,(H,34,39)(H,35,38). The van der Waals surface area contributed by atoms with Gasteiger partial charge in [-0.05, 0) is 58.4 Å². The van der Waals surface area contributed by atoms with Crippen molar-refractivity contribution in [3.63, 3.8) is 0 Å². The van der Waals surface area contributed by atoms with Crippen LogP contribution in [0, 0.1) is 5.92 Å². The predicted octanol–water partition coefficient (Wildman–Crippen LogP) is 3.99. The summed E-state index contributed by atoms with van der Waals surface area (Å²) in [6, 6.07) is 19.8. The topological polar surface area (TPSA) is 134 Å². The molecule has 9 nitrogen and oxygen atoms in total. The number of ether oxygens (including phenoxy) is 1. The van der Waals surface area contributed by atoms with E-state index in [-0.39, 0.29) is 31.6 Å². The van der Waals surface area contributed by atoms with Crippen molar-refractivity contribution in [1.82, 2.24) is 10.2 Å². The Hall–Kier alpha value is -4.21. The Bertz CT molecular complexity index is 1380. The summed E-state index contributed by atoms with van der Waals surface area (Å²) in [6.07, 6.45) is -0.497. The van der Waals surface area contributed by atoms with Gasteiger partial charge in [0, 0.05) is 25.2 Å². The molecule has 41 heavy (non-hydrogen) atoms. The molecule has 1 aliphatic carbocycles.